The van der Waals surface area contributed by atoms with Crippen LogP contribution in [0, 0.1) is 13.8 Å². The molecule has 1 aliphatic rings. The lowest BCUT2D eigenvalue weighted by Crippen LogP contribution is -2.30. The van der Waals surface area contributed by atoms with Crippen molar-refractivity contribution in [2.45, 2.75) is 19.9 Å². The quantitative estimate of drug-likeness (QED) is 0.345. The fourth-order valence-electron chi connectivity index (χ4n) is 3.91. The summed E-state index contributed by atoms with van der Waals surface area (Å²) >= 11 is 6.21. The van der Waals surface area contributed by atoms with Crippen molar-refractivity contribution in [1.82, 2.24) is 4.98 Å². The van der Waals surface area contributed by atoms with Crippen LogP contribution in [0.1, 0.15) is 28.4 Å². The fourth-order valence-corrected chi connectivity index (χ4v) is 4.08. The number of anilines is 1. The van der Waals surface area contributed by atoms with Crippen LogP contribution in [0.3, 0.4) is 0 Å². The third-order valence-electron chi connectivity index (χ3n) is 5.53. The summed E-state index contributed by atoms with van der Waals surface area (Å²) in [6, 6.07) is 14.6. The minimum absolute atomic E-state index is 0.0265. The number of amides is 1. The molecule has 6 nitrogen and oxygen atoms in total. The molecule has 0 spiro atoms. The summed E-state index contributed by atoms with van der Waals surface area (Å²) in [6.07, 6.45) is 1.58. The van der Waals surface area contributed by atoms with E-state index in [0.29, 0.717) is 33.3 Å². The predicted molar refractivity (Wildman–Crippen MR) is 123 cm³/mol. The van der Waals surface area contributed by atoms with Gasteiger partial charge < -0.3 is 9.84 Å². The molecule has 0 bridgehead atoms. The second-order valence-electron chi connectivity index (χ2n) is 7.54. The Bertz CT molecular complexity index is 1250. The van der Waals surface area contributed by atoms with Gasteiger partial charge in [0.05, 0.1) is 18.4 Å². The van der Waals surface area contributed by atoms with Crippen molar-refractivity contribution < 1.29 is 19.4 Å². The van der Waals surface area contributed by atoms with Crippen LogP contribution in [0.25, 0.3) is 5.76 Å². The van der Waals surface area contributed by atoms with Gasteiger partial charge in [-0.15, -0.1) is 0 Å². The number of halogens is 1. The number of hydrogen-bond donors (Lipinski definition) is 1. The molecule has 4 rings (SSSR count). The van der Waals surface area contributed by atoms with Gasteiger partial charge in [0, 0.05) is 22.5 Å². The lowest BCUT2D eigenvalue weighted by molar-refractivity contribution is -0.132. The van der Waals surface area contributed by atoms with Gasteiger partial charge in [-0.1, -0.05) is 23.7 Å². The smallest absolute Gasteiger partial charge is 0.300 e. The number of ketones is 1. The topological polar surface area (TPSA) is 79.7 Å². The maximum Gasteiger partial charge on any atom is 0.300 e. The molecule has 0 saturated carbocycles. The summed E-state index contributed by atoms with van der Waals surface area (Å²) in [6.45, 7) is 3.62. The number of methoxy groups -OCH3 is 1. The first-order valence-corrected chi connectivity index (χ1v) is 10.3. The van der Waals surface area contributed by atoms with Gasteiger partial charge in [-0.3, -0.25) is 19.5 Å². The Hall–Kier alpha value is -3.64. The standard InChI is InChI=1S/C25H21ClN2O4/c1-14-7-8-16(26)13-20(14)28-22(19-6-4-5-11-27-19)21(24(30)25(28)31)23(29)18-10-9-17(32-3)12-15(18)2/h4-13,22,29H,1-3H3/b23-21-. The minimum atomic E-state index is -0.908. The zero-order chi connectivity index (χ0) is 23.0. The summed E-state index contributed by atoms with van der Waals surface area (Å²) in [5, 5.41) is 11.7. The predicted octanol–water partition coefficient (Wildman–Crippen LogP) is 4.99. The van der Waals surface area contributed by atoms with E-state index in [1.54, 1.807) is 74.8 Å². The maximum absolute atomic E-state index is 13.2. The van der Waals surface area contributed by atoms with E-state index >= 15 is 0 Å². The molecule has 1 saturated heterocycles. The second-order valence-corrected chi connectivity index (χ2v) is 7.97. The number of aromatic nitrogens is 1. The van der Waals surface area contributed by atoms with Crippen LogP contribution >= 0.6 is 11.6 Å². The van der Waals surface area contributed by atoms with Crippen molar-refractivity contribution >= 4 is 34.7 Å². The van der Waals surface area contributed by atoms with Gasteiger partial charge in [-0.05, 0) is 67.4 Å². The number of aryl methyl sites for hydroxylation is 2. The van der Waals surface area contributed by atoms with Gasteiger partial charge in [-0.25, -0.2) is 0 Å². The molecule has 1 aliphatic heterocycles. The van der Waals surface area contributed by atoms with Gasteiger partial charge in [-0.2, -0.15) is 0 Å². The molecular formula is C25H21ClN2O4. The maximum atomic E-state index is 13.2. The van der Waals surface area contributed by atoms with E-state index in [0.717, 1.165) is 5.56 Å². The number of benzene rings is 2. The number of aliphatic hydroxyl groups is 1. The largest absolute Gasteiger partial charge is 0.507 e. The summed E-state index contributed by atoms with van der Waals surface area (Å²) < 4.78 is 5.23. The van der Waals surface area contributed by atoms with Crippen molar-refractivity contribution in [3.05, 3.63) is 93.8 Å². The zero-order valence-electron chi connectivity index (χ0n) is 17.8. The average Bonchev–Trinajstić information content (AvgIpc) is 3.06. The molecule has 0 aliphatic carbocycles. The van der Waals surface area contributed by atoms with E-state index in [1.807, 2.05) is 6.92 Å². The molecule has 2 heterocycles. The van der Waals surface area contributed by atoms with Crippen LogP contribution in [0.2, 0.25) is 5.02 Å². The Morgan fingerprint density at radius 3 is 2.50 bits per heavy atom. The number of hydrogen-bond acceptors (Lipinski definition) is 5. The van der Waals surface area contributed by atoms with Crippen molar-refractivity contribution in [2.75, 3.05) is 12.0 Å². The van der Waals surface area contributed by atoms with E-state index in [9.17, 15) is 14.7 Å². The van der Waals surface area contributed by atoms with Gasteiger partial charge in [0.25, 0.3) is 11.7 Å². The highest BCUT2D eigenvalue weighted by Gasteiger charge is 2.48. The van der Waals surface area contributed by atoms with E-state index in [4.69, 9.17) is 16.3 Å². The van der Waals surface area contributed by atoms with Crippen molar-refractivity contribution in [3.63, 3.8) is 0 Å². The molecule has 1 N–H and O–H groups in total. The molecule has 1 unspecified atom stereocenters. The Morgan fingerprint density at radius 1 is 1.06 bits per heavy atom. The first-order valence-electron chi connectivity index (χ1n) is 9.96. The molecule has 7 heteroatoms. The summed E-state index contributed by atoms with van der Waals surface area (Å²) in [5.41, 5.74) is 2.82. The highest BCUT2D eigenvalue weighted by Crippen LogP contribution is 2.43. The molecular weight excluding hydrogens is 428 g/mol. The lowest BCUT2D eigenvalue weighted by atomic mass is 9.96. The normalized spacial score (nSPS) is 17.6. The summed E-state index contributed by atoms with van der Waals surface area (Å²) in [5.74, 6) is -1.18. The fraction of sp³-hybridized carbons (Fsp3) is 0.160. The molecule has 1 fully saturated rings. The highest BCUT2D eigenvalue weighted by atomic mass is 35.5. The van der Waals surface area contributed by atoms with Crippen molar-refractivity contribution in [1.29, 1.82) is 0 Å². The zero-order valence-corrected chi connectivity index (χ0v) is 18.6. The molecule has 3 aromatic rings. The van der Waals surface area contributed by atoms with E-state index in [2.05, 4.69) is 4.98 Å². The molecule has 1 amide bonds. The summed E-state index contributed by atoms with van der Waals surface area (Å²) in [4.78, 5) is 32.2. The van der Waals surface area contributed by atoms with Gasteiger partial charge >= 0.3 is 0 Å². The van der Waals surface area contributed by atoms with Crippen LogP contribution < -0.4 is 9.64 Å². The molecule has 1 atom stereocenters. The summed E-state index contributed by atoms with van der Waals surface area (Å²) in [7, 11) is 1.55. The van der Waals surface area contributed by atoms with Gasteiger partial charge in [0.2, 0.25) is 0 Å². The van der Waals surface area contributed by atoms with Crippen LogP contribution in [0.15, 0.2) is 66.4 Å². The number of pyridine rings is 1. The molecule has 2 aromatic carbocycles. The molecule has 0 radical (unpaired) electrons. The average molecular weight is 449 g/mol. The third-order valence-corrected chi connectivity index (χ3v) is 5.77. The number of Topliss-reactive ketones (excluding diaryl/α,β-unsaturated/α-hetero) is 1. The first kappa shape index (κ1) is 21.6. The second kappa shape index (κ2) is 8.48. The molecule has 32 heavy (non-hydrogen) atoms. The number of ether oxygens (including phenoxy) is 1. The SMILES string of the molecule is COc1ccc(/C(O)=C2/C(=O)C(=O)N(c3cc(Cl)ccc3C)C2c2ccccn2)c(C)c1. The van der Waals surface area contributed by atoms with Crippen LogP contribution in [-0.2, 0) is 9.59 Å². The first-order chi connectivity index (χ1) is 15.3. The number of rotatable bonds is 4. The van der Waals surface area contributed by atoms with E-state index in [1.165, 1.54) is 4.90 Å². The Labute approximate surface area is 190 Å². The Balaban J connectivity index is 1.97. The highest BCUT2D eigenvalue weighted by molar-refractivity contribution is 6.52. The number of carbonyl (C=O) groups excluding carboxylic acids is 2. The molecule has 1 aromatic heterocycles. The lowest BCUT2D eigenvalue weighted by Gasteiger charge is -2.26. The van der Waals surface area contributed by atoms with E-state index < -0.39 is 17.7 Å². The van der Waals surface area contributed by atoms with Crippen LogP contribution in [-0.4, -0.2) is 28.9 Å². The van der Waals surface area contributed by atoms with Gasteiger partial charge in [0.15, 0.2) is 0 Å². The van der Waals surface area contributed by atoms with Crippen LogP contribution in [0.5, 0.6) is 5.75 Å². The number of nitrogens with zero attached hydrogens (tertiary/aromatic N) is 2. The minimum Gasteiger partial charge on any atom is -0.507 e. The Kier molecular flexibility index (Phi) is 5.72. The van der Waals surface area contributed by atoms with Crippen molar-refractivity contribution in [3.8, 4) is 5.75 Å². The van der Waals surface area contributed by atoms with E-state index in [-0.39, 0.29) is 11.3 Å². The third kappa shape index (κ3) is 3.63. The van der Waals surface area contributed by atoms with Gasteiger partial charge in [0.1, 0.15) is 17.6 Å². The Morgan fingerprint density at radius 2 is 1.84 bits per heavy atom. The monoisotopic (exact) mass is 448 g/mol. The van der Waals surface area contributed by atoms with Crippen LogP contribution in [0.4, 0.5) is 5.69 Å². The van der Waals surface area contributed by atoms with Crippen molar-refractivity contribution in [2.24, 2.45) is 0 Å². The number of aliphatic hydroxyl groups excluding tert-OH is 1. The number of carbonyl (C=O) groups is 2. The molecule has 162 valence electrons.